The number of amides is 2. The van der Waals surface area contributed by atoms with Crippen molar-refractivity contribution in [3.63, 3.8) is 0 Å². The van der Waals surface area contributed by atoms with Gasteiger partial charge in [-0.25, -0.2) is 0 Å². The third kappa shape index (κ3) is 3.73. The molecule has 154 valence electrons. The smallest absolute Gasteiger partial charge is 0.225 e. The lowest BCUT2D eigenvalue weighted by Crippen LogP contribution is -2.39. The lowest BCUT2D eigenvalue weighted by atomic mass is 10.1. The Morgan fingerprint density at radius 2 is 2.00 bits per heavy atom. The highest BCUT2D eigenvalue weighted by Crippen LogP contribution is 2.34. The Kier molecular flexibility index (Phi) is 5.30. The van der Waals surface area contributed by atoms with Gasteiger partial charge in [-0.15, -0.1) is 0 Å². The van der Waals surface area contributed by atoms with Crippen LogP contribution in [-0.4, -0.2) is 52.5 Å². The van der Waals surface area contributed by atoms with Crippen molar-refractivity contribution in [2.75, 3.05) is 13.7 Å². The van der Waals surface area contributed by atoms with E-state index >= 15 is 0 Å². The van der Waals surface area contributed by atoms with E-state index in [1.807, 2.05) is 47.9 Å². The van der Waals surface area contributed by atoms with E-state index in [-0.39, 0.29) is 23.9 Å². The van der Waals surface area contributed by atoms with E-state index in [9.17, 15) is 9.59 Å². The summed E-state index contributed by atoms with van der Waals surface area (Å²) in [4.78, 5) is 29.4. The Hall–Kier alpha value is -2.83. The predicted octanol–water partition coefficient (Wildman–Crippen LogP) is 2.63. The third-order valence-electron chi connectivity index (χ3n) is 6.22. The highest BCUT2D eigenvalue weighted by Gasteiger charge is 2.47. The quantitative estimate of drug-likeness (QED) is 0.749. The number of carbonyl (C=O) groups excluding carboxylic acids is 2. The zero-order valence-corrected chi connectivity index (χ0v) is 17.2. The average molecular weight is 397 g/mol. The van der Waals surface area contributed by atoms with E-state index < -0.39 is 0 Å². The van der Waals surface area contributed by atoms with E-state index in [1.165, 1.54) is 0 Å². The Bertz CT molecular complexity index is 886. The molecule has 29 heavy (non-hydrogen) atoms. The molecule has 2 saturated heterocycles. The Morgan fingerprint density at radius 1 is 1.24 bits per heavy atom. The molecule has 0 aliphatic carbocycles. The predicted molar refractivity (Wildman–Crippen MR) is 106 cm³/mol. The summed E-state index contributed by atoms with van der Waals surface area (Å²) in [7, 11) is 1.64. The molecule has 7 heteroatoms. The fourth-order valence-electron chi connectivity index (χ4n) is 4.61. The number of methoxy groups -OCH3 is 1. The van der Waals surface area contributed by atoms with Crippen LogP contribution < -0.4 is 4.74 Å². The molecule has 1 aromatic carbocycles. The fraction of sp³-hybridized carbons (Fsp3) is 0.500. The number of fused-ring (bicyclic) bond motifs is 1. The van der Waals surface area contributed by atoms with Crippen molar-refractivity contribution in [3.05, 3.63) is 46.8 Å². The van der Waals surface area contributed by atoms with Crippen LogP contribution in [0.15, 0.2) is 28.8 Å². The molecular formula is C22H27N3O4. The minimum Gasteiger partial charge on any atom is -0.497 e. The lowest BCUT2D eigenvalue weighted by Gasteiger charge is -2.25. The summed E-state index contributed by atoms with van der Waals surface area (Å²) < 4.78 is 10.4. The van der Waals surface area contributed by atoms with Crippen LogP contribution in [0.25, 0.3) is 0 Å². The Labute approximate surface area is 170 Å². The van der Waals surface area contributed by atoms with Crippen molar-refractivity contribution in [2.24, 2.45) is 0 Å². The molecule has 2 amide bonds. The van der Waals surface area contributed by atoms with Gasteiger partial charge in [0.15, 0.2) is 0 Å². The monoisotopic (exact) mass is 397 g/mol. The minimum atomic E-state index is -0.0158. The SMILES string of the molecule is COc1ccc(CN2C(=O)CC3C2CCN3C(=O)CCc2c(C)noc2C)cc1. The molecule has 0 spiro atoms. The third-order valence-corrected chi connectivity index (χ3v) is 6.22. The van der Waals surface area contributed by atoms with Crippen molar-refractivity contribution >= 4 is 11.8 Å². The van der Waals surface area contributed by atoms with E-state index in [0.717, 1.165) is 34.8 Å². The normalized spacial score (nSPS) is 21.0. The van der Waals surface area contributed by atoms with Crippen molar-refractivity contribution < 1.29 is 18.8 Å². The molecule has 2 aliphatic heterocycles. The van der Waals surface area contributed by atoms with Crippen LogP contribution in [0.1, 0.15) is 41.8 Å². The van der Waals surface area contributed by atoms with Gasteiger partial charge in [-0.2, -0.15) is 0 Å². The highest BCUT2D eigenvalue weighted by atomic mass is 16.5. The molecule has 0 saturated carbocycles. The van der Waals surface area contributed by atoms with Gasteiger partial charge in [0.05, 0.1) is 24.9 Å². The minimum absolute atomic E-state index is 0.0158. The number of rotatable bonds is 6. The maximum absolute atomic E-state index is 12.9. The van der Waals surface area contributed by atoms with Gasteiger partial charge < -0.3 is 19.1 Å². The fourth-order valence-corrected chi connectivity index (χ4v) is 4.61. The number of hydrogen-bond donors (Lipinski definition) is 0. The average Bonchev–Trinajstić information content (AvgIpc) is 3.36. The number of nitrogens with zero attached hydrogens (tertiary/aromatic N) is 3. The van der Waals surface area contributed by atoms with Crippen molar-refractivity contribution in [3.8, 4) is 5.75 Å². The standard InChI is InChI=1S/C22H27N3O4/c1-14-18(15(2)29-23-14)8-9-21(26)24-11-10-19-20(24)12-22(27)25(19)13-16-4-6-17(28-3)7-5-16/h4-7,19-20H,8-13H2,1-3H3. The van der Waals surface area contributed by atoms with Crippen LogP contribution in [0.3, 0.4) is 0 Å². The molecule has 2 fully saturated rings. The van der Waals surface area contributed by atoms with Crippen LogP contribution in [-0.2, 0) is 22.6 Å². The molecule has 2 aromatic rings. The zero-order chi connectivity index (χ0) is 20.5. The second-order valence-corrected chi connectivity index (χ2v) is 7.89. The summed E-state index contributed by atoms with van der Waals surface area (Å²) in [6, 6.07) is 7.88. The van der Waals surface area contributed by atoms with E-state index in [4.69, 9.17) is 9.26 Å². The first-order valence-electron chi connectivity index (χ1n) is 10.1. The van der Waals surface area contributed by atoms with Crippen LogP contribution in [0, 0.1) is 13.8 Å². The van der Waals surface area contributed by atoms with Crippen LogP contribution in [0.4, 0.5) is 0 Å². The van der Waals surface area contributed by atoms with Crippen molar-refractivity contribution in [1.82, 2.24) is 15.0 Å². The summed E-state index contributed by atoms with van der Waals surface area (Å²) >= 11 is 0. The molecule has 0 N–H and O–H groups in total. The number of benzene rings is 1. The molecule has 1 aromatic heterocycles. The topological polar surface area (TPSA) is 75.9 Å². The van der Waals surface area contributed by atoms with Crippen molar-refractivity contribution in [1.29, 1.82) is 0 Å². The van der Waals surface area contributed by atoms with E-state index in [0.29, 0.717) is 32.4 Å². The van der Waals surface area contributed by atoms with Gasteiger partial charge >= 0.3 is 0 Å². The number of aromatic nitrogens is 1. The summed E-state index contributed by atoms with van der Waals surface area (Å²) in [5, 5.41) is 3.96. The molecule has 4 rings (SSSR count). The first-order chi connectivity index (χ1) is 14.0. The molecule has 0 bridgehead atoms. The van der Waals surface area contributed by atoms with Gasteiger partial charge in [-0.3, -0.25) is 9.59 Å². The molecule has 3 heterocycles. The molecule has 0 radical (unpaired) electrons. The van der Waals surface area contributed by atoms with Crippen molar-refractivity contribution in [2.45, 2.75) is 58.2 Å². The highest BCUT2D eigenvalue weighted by molar-refractivity contribution is 5.83. The number of aryl methyl sites for hydroxylation is 2. The Morgan fingerprint density at radius 3 is 2.66 bits per heavy atom. The number of hydrogen-bond acceptors (Lipinski definition) is 5. The summed E-state index contributed by atoms with van der Waals surface area (Å²) in [6.07, 6.45) is 2.29. The largest absolute Gasteiger partial charge is 0.497 e. The maximum atomic E-state index is 12.9. The van der Waals surface area contributed by atoms with Crippen LogP contribution in [0.2, 0.25) is 0 Å². The second kappa shape index (κ2) is 7.89. The number of ether oxygens (including phenoxy) is 1. The lowest BCUT2D eigenvalue weighted by molar-refractivity contribution is -0.132. The molecule has 2 atom stereocenters. The van der Waals surface area contributed by atoms with Gasteiger partial charge in [-0.1, -0.05) is 17.3 Å². The summed E-state index contributed by atoms with van der Waals surface area (Å²) in [5.74, 6) is 1.81. The first kappa shape index (κ1) is 19.5. The van der Waals surface area contributed by atoms with Crippen LogP contribution >= 0.6 is 0 Å². The molecule has 2 aliphatic rings. The number of carbonyl (C=O) groups is 2. The van der Waals surface area contributed by atoms with Crippen LogP contribution in [0.5, 0.6) is 5.75 Å². The summed E-state index contributed by atoms with van der Waals surface area (Å²) in [6.45, 7) is 5.06. The first-order valence-corrected chi connectivity index (χ1v) is 10.1. The summed E-state index contributed by atoms with van der Waals surface area (Å²) in [5.41, 5.74) is 2.93. The zero-order valence-electron chi connectivity index (χ0n) is 17.2. The molecule has 2 unspecified atom stereocenters. The van der Waals surface area contributed by atoms with Gasteiger partial charge in [0.25, 0.3) is 0 Å². The van der Waals surface area contributed by atoms with E-state index in [2.05, 4.69) is 5.16 Å². The maximum Gasteiger partial charge on any atom is 0.225 e. The van der Waals surface area contributed by atoms with E-state index in [1.54, 1.807) is 7.11 Å². The Balaban J connectivity index is 1.39. The van der Waals surface area contributed by atoms with Gasteiger partial charge in [0.2, 0.25) is 11.8 Å². The van der Waals surface area contributed by atoms with Gasteiger partial charge in [0.1, 0.15) is 11.5 Å². The van der Waals surface area contributed by atoms with Gasteiger partial charge in [-0.05, 0) is 44.4 Å². The molecular weight excluding hydrogens is 370 g/mol. The van der Waals surface area contributed by atoms with Gasteiger partial charge in [0, 0.05) is 31.5 Å². The molecule has 7 nitrogen and oxygen atoms in total. The number of likely N-dealkylation sites (tertiary alicyclic amines) is 2. The second-order valence-electron chi connectivity index (χ2n) is 7.89.